The molecule has 0 saturated carbocycles. The van der Waals surface area contributed by atoms with Gasteiger partial charge in [0.05, 0.1) is 24.3 Å². The van der Waals surface area contributed by atoms with Gasteiger partial charge in [-0.25, -0.2) is 0 Å². The fraction of sp³-hybridized carbons (Fsp3) is 0.533. The number of benzene rings is 1. The number of ether oxygens (including phenoxy) is 1. The van der Waals surface area contributed by atoms with Crippen molar-refractivity contribution in [3.05, 3.63) is 23.8 Å². The molecule has 3 heteroatoms. The van der Waals surface area contributed by atoms with Crippen LogP contribution in [0.1, 0.15) is 26.3 Å². The maximum absolute atomic E-state index is 9.11. The van der Waals surface area contributed by atoms with E-state index in [2.05, 4.69) is 30.0 Å². The van der Waals surface area contributed by atoms with E-state index in [1.807, 2.05) is 27.0 Å². The van der Waals surface area contributed by atoms with Gasteiger partial charge in [0.2, 0.25) is 0 Å². The molecule has 0 aliphatic rings. The maximum Gasteiger partial charge on any atom is 0.142 e. The average molecular weight is 246 g/mol. The number of rotatable bonds is 5. The molecule has 18 heavy (non-hydrogen) atoms. The molecule has 98 valence electrons. The van der Waals surface area contributed by atoms with Crippen LogP contribution in [0.4, 0.5) is 5.69 Å². The Morgan fingerprint density at radius 3 is 2.56 bits per heavy atom. The number of hydrogen-bond donors (Lipinski definition) is 0. The monoisotopic (exact) mass is 246 g/mol. The van der Waals surface area contributed by atoms with Crippen LogP contribution >= 0.6 is 0 Å². The summed E-state index contributed by atoms with van der Waals surface area (Å²) in [4.78, 5) is 2.08. The smallest absolute Gasteiger partial charge is 0.142 e. The third-order valence-electron chi connectivity index (χ3n) is 3.00. The third-order valence-corrected chi connectivity index (χ3v) is 3.00. The molecule has 1 rings (SSSR count). The second-order valence-corrected chi connectivity index (χ2v) is 5.21. The second-order valence-electron chi connectivity index (χ2n) is 5.21. The summed E-state index contributed by atoms with van der Waals surface area (Å²) in [6.07, 6.45) is 0.993. The van der Waals surface area contributed by atoms with Gasteiger partial charge in [-0.2, -0.15) is 5.26 Å². The summed E-state index contributed by atoms with van der Waals surface area (Å²) in [5.41, 5.74) is 1.94. The molecule has 1 aromatic carbocycles. The second kappa shape index (κ2) is 5.77. The van der Waals surface area contributed by atoms with Crippen molar-refractivity contribution in [2.75, 3.05) is 25.6 Å². The first-order chi connectivity index (χ1) is 8.43. The van der Waals surface area contributed by atoms with Crippen LogP contribution in [-0.2, 0) is 6.42 Å². The summed E-state index contributed by atoms with van der Waals surface area (Å²) < 4.78 is 5.39. The Labute approximate surface area is 110 Å². The quantitative estimate of drug-likeness (QED) is 0.800. The molecule has 1 aromatic rings. The summed E-state index contributed by atoms with van der Waals surface area (Å²) in [6, 6.07) is 8.52. The molecule has 0 N–H and O–H groups in total. The van der Waals surface area contributed by atoms with Crippen LogP contribution in [0.2, 0.25) is 0 Å². The van der Waals surface area contributed by atoms with E-state index >= 15 is 0 Å². The maximum atomic E-state index is 9.11. The van der Waals surface area contributed by atoms with Gasteiger partial charge >= 0.3 is 0 Å². The Hall–Kier alpha value is -1.69. The van der Waals surface area contributed by atoms with Crippen molar-refractivity contribution in [2.24, 2.45) is 5.41 Å². The van der Waals surface area contributed by atoms with Crippen molar-refractivity contribution in [3.8, 4) is 11.8 Å². The zero-order valence-electron chi connectivity index (χ0n) is 11.9. The Morgan fingerprint density at radius 2 is 2.06 bits per heavy atom. The zero-order chi connectivity index (χ0) is 13.8. The lowest BCUT2D eigenvalue weighted by molar-refractivity contribution is 0.412. The summed E-state index contributed by atoms with van der Waals surface area (Å²) in [5, 5.41) is 9.11. The van der Waals surface area contributed by atoms with Crippen LogP contribution in [0, 0.1) is 16.7 Å². The summed E-state index contributed by atoms with van der Waals surface area (Å²) >= 11 is 0. The van der Waals surface area contributed by atoms with Gasteiger partial charge < -0.3 is 9.64 Å². The summed E-state index contributed by atoms with van der Waals surface area (Å²) in [6.45, 7) is 6.69. The first-order valence-electron chi connectivity index (χ1n) is 6.23. The van der Waals surface area contributed by atoms with Crippen LogP contribution in [0.25, 0.3) is 0 Å². The molecule has 0 aliphatic carbocycles. The predicted molar refractivity (Wildman–Crippen MR) is 75.0 cm³/mol. The van der Waals surface area contributed by atoms with Crippen molar-refractivity contribution in [1.82, 2.24) is 0 Å². The Kier molecular flexibility index (Phi) is 4.61. The largest absolute Gasteiger partial charge is 0.495 e. The van der Waals surface area contributed by atoms with E-state index in [-0.39, 0.29) is 5.41 Å². The Balaban J connectivity index is 3.03. The molecule has 3 nitrogen and oxygen atoms in total. The van der Waals surface area contributed by atoms with Crippen LogP contribution in [-0.4, -0.2) is 20.7 Å². The first kappa shape index (κ1) is 14.4. The highest BCUT2D eigenvalue weighted by molar-refractivity contribution is 5.60. The molecule has 0 unspecified atom stereocenters. The molecule has 0 aromatic heterocycles. The van der Waals surface area contributed by atoms with Crippen molar-refractivity contribution in [3.63, 3.8) is 0 Å². The van der Waals surface area contributed by atoms with Gasteiger partial charge in [0.15, 0.2) is 0 Å². The van der Waals surface area contributed by atoms with Crippen LogP contribution in [0.15, 0.2) is 18.2 Å². The van der Waals surface area contributed by atoms with Crippen molar-refractivity contribution < 1.29 is 4.74 Å². The Bertz CT molecular complexity index is 446. The minimum absolute atomic E-state index is 0.373. The molecule has 0 saturated heterocycles. The molecule has 0 atom stereocenters. The molecule has 0 fully saturated rings. The van der Waals surface area contributed by atoms with Crippen LogP contribution < -0.4 is 9.64 Å². The van der Waals surface area contributed by atoms with E-state index in [1.165, 1.54) is 5.56 Å². The van der Waals surface area contributed by atoms with E-state index in [0.29, 0.717) is 6.54 Å². The number of anilines is 1. The summed E-state index contributed by atoms with van der Waals surface area (Å²) in [5.74, 6) is 0.850. The number of hydrogen-bond acceptors (Lipinski definition) is 3. The van der Waals surface area contributed by atoms with E-state index in [4.69, 9.17) is 10.00 Å². The lowest BCUT2D eigenvalue weighted by Gasteiger charge is -2.28. The molecule has 0 spiro atoms. The molecular weight excluding hydrogens is 224 g/mol. The molecule has 0 aliphatic heterocycles. The van der Waals surface area contributed by atoms with E-state index in [9.17, 15) is 0 Å². The molecule has 0 heterocycles. The highest BCUT2D eigenvalue weighted by atomic mass is 16.5. The first-order valence-corrected chi connectivity index (χ1v) is 6.23. The minimum atomic E-state index is -0.373. The molecule has 0 radical (unpaired) electrons. The molecule has 0 amide bonds. The number of aryl methyl sites for hydroxylation is 1. The average Bonchev–Trinajstić information content (AvgIpc) is 2.37. The number of nitriles is 1. The lowest BCUT2D eigenvalue weighted by Crippen LogP contribution is -2.30. The minimum Gasteiger partial charge on any atom is -0.495 e. The topological polar surface area (TPSA) is 36.3 Å². The van der Waals surface area contributed by atoms with Gasteiger partial charge in [-0.1, -0.05) is 13.0 Å². The van der Waals surface area contributed by atoms with Gasteiger partial charge in [0, 0.05) is 13.6 Å². The van der Waals surface area contributed by atoms with Gasteiger partial charge in [0.25, 0.3) is 0 Å². The van der Waals surface area contributed by atoms with E-state index in [1.54, 1.807) is 7.11 Å². The predicted octanol–water partition coefficient (Wildman–Crippen LogP) is 3.24. The van der Waals surface area contributed by atoms with Crippen LogP contribution in [0.3, 0.4) is 0 Å². The van der Waals surface area contributed by atoms with Gasteiger partial charge in [-0.05, 0) is 38.0 Å². The normalized spacial score (nSPS) is 10.9. The highest BCUT2D eigenvalue weighted by Crippen LogP contribution is 2.30. The molecular formula is C15H22N2O. The fourth-order valence-electron chi connectivity index (χ4n) is 1.97. The standard InChI is InChI=1S/C15H22N2O/c1-6-12-7-8-14(18-5)13(9-12)17(4)11-15(2,3)10-16/h7-9H,6,11H2,1-5H3. The molecule has 0 bridgehead atoms. The summed E-state index contributed by atoms with van der Waals surface area (Å²) in [7, 11) is 3.67. The lowest BCUT2D eigenvalue weighted by atomic mass is 9.95. The Morgan fingerprint density at radius 1 is 1.39 bits per heavy atom. The highest BCUT2D eigenvalue weighted by Gasteiger charge is 2.21. The number of methoxy groups -OCH3 is 1. The van der Waals surface area contributed by atoms with Crippen molar-refractivity contribution in [2.45, 2.75) is 27.2 Å². The number of nitrogens with zero attached hydrogens (tertiary/aromatic N) is 2. The van der Waals surface area contributed by atoms with Crippen molar-refractivity contribution >= 4 is 5.69 Å². The van der Waals surface area contributed by atoms with E-state index < -0.39 is 0 Å². The van der Waals surface area contributed by atoms with Crippen molar-refractivity contribution in [1.29, 1.82) is 5.26 Å². The zero-order valence-corrected chi connectivity index (χ0v) is 11.9. The van der Waals surface area contributed by atoms with E-state index in [0.717, 1.165) is 17.9 Å². The van der Waals surface area contributed by atoms with Crippen LogP contribution in [0.5, 0.6) is 5.75 Å². The van der Waals surface area contributed by atoms with Gasteiger partial charge in [0.1, 0.15) is 5.75 Å². The SMILES string of the molecule is CCc1ccc(OC)c(N(C)CC(C)(C)C#N)c1. The van der Waals surface area contributed by atoms with Gasteiger partial charge in [-0.15, -0.1) is 0 Å². The van der Waals surface area contributed by atoms with Gasteiger partial charge in [-0.3, -0.25) is 0 Å². The fourth-order valence-corrected chi connectivity index (χ4v) is 1.97. The third kappa shape index (κ3) is 3.40.